The lowest BCUT2D eigenvalue weighted by atomic mass is 10.2. The summed E-state index contributed by atoms with van der Waals surface area (Å²) >= 11 is 0. The number of likely N-dealkylation sites (tertiary alicyclic amines) is 1. The van der Waals surface area contributed by atoms with Gasteiger partial charge in [0.1, 0.15) is 0 Å². The molecular formula is C16H22N2O2. The monoisotopic (exact) mass is 274 g/mol. The van der Waals surface area contributed by atoms with Gasteiger partial charge in [0, 0.05) is 31.2 Å². The fourth-order valence-electron chi connectivity index (χ4n) is 3.37. The van der Waals surface area contributed by atoms with Crippen LogP contribution in [0, 0.1) is 0 Å². The van der Waals surface area contributed by atoms with E-state index in [4.69, 9.17) is 0 Å². The maximum Gasteiger partial charge on any atom is 0.228 e. The summed E-state index contributed by atoms with van der Waals surface area (Å²) in [6.45, 7) is 2.79. The van der Waals surface area contributed by atoms with Crippen LogP contribution in [0.3, 0.4) is 0 Å². The number of fused-ring (bicyclic) bond motifs is 1. The van der Waals surface area contributed by atoms with E-state index in [1.54, 1.807) is 0 Å². The summed E-state index contributed by atoms with van der Waals surface area (Å²) in [7, 11) is 0. The highest BCUT2D eigenvalue weighted by atomic mass is 16.3. The highest BCUT2D eigenvalue weighted by molar-refractivity contribution is 5.95. The molecule has 1 fully saturated rings. The molecule has 0 aliphatic carbocycles. The van der Waals surface area contributed by atoms with Crippen molar-refractivity contribution in [2.75, 3.05) is 31.1 Å². The lowest BCUT2D eigenvalue weighted by Crippen LogP contribution is -2.37. The van der Waals surface area contributed by atoms with Gasteiger partial charge >= 0.3 is 0 Å². The summed E-state index contributed by atoms with van der Waals surface area (Å²) in [5.74, 6) is 0.207. The van der Waals surface area contributed by atoms with Gasteiger partial charge in [0.15, 0.2) is 0 Å². The number of benzene rings is 1. The molecule has 4 heteroatoms. The number of carbonyl (C=O) groups excluding carboxylic acids is 1. The molecule has 0 spiro atoms. The van der Waals surface area contributed by atoms with Crippen molar-refractivity contribution in [3.63, 3.8) is 0 Å². The van der Waals surface area contributed by atoms with E-state index in [0.717, 1.165) is 44.6 Å². The van der Waals surface area contributed by atoms with Gasteiger partial charge in [-0.15, -0.1) is 0 Å². The number of nitrogens with zero attached hydrogens (tertiary/aromatic N) is 2. The largest absolute Gasteiger partial charge is 0.395 e. The quantitative estimate of drug-likeness (QED) is 0.903. The van der Waals surface area contributed by atoms with Gasteiger partial charge in [-0.1, -0.05) is 18.2 Å². The van der Waals surface area contributed by atoms with Gasteiger partial charge in [0.25, 0.3) is 0 Å². The van der Waals surface area contributed by atoms with Gasteiger partial charge in [-0.05, 0) is 37.4 Å². The molecule has 4 nitrogen and oxygen atoms in total. The van der Waals surface area contributed by atoms with Crippen LogP contribution < -0.4 is 4.90 Å². The van der Waals surface area contributed by atoms with E-state index in [1.165, 1.54) is 5.56 Å². The molecule has 0 unspecified atom stereocenters. The minimum absolute atomic E-state index is 0.207. The number of para-hydroxylation sites is 1. The molecule has 2 aliphatic heterocycles. The highest BCUT2D eigenvalue weighted by Crippen LogP contribution is 2.28. The van der Waals surface area contributed by atoms with E-state index in [1.807, 2.05) is 23.1 Å². The zero-order chi connectivity index (χ0) is 13.9. The van der Waals surface area contributed by atoms with E-state index in [2.05, 4.69) is 11.0 Å². The van der Waals surface area contributed by atoms with Gasteiger partial charge in [0.2, 0.25) is 5.91 Å². The van der Waals surface area contributed by atoms with Gasteiger partial charge in [-0.2, -0.15) is 0 Å². The summed E-state index contributed by atoms with van der Waals surface area (Å²) in [5, 5.41) is 9.31. The van der Waals surface area contributed by atoms with E-state index >= 15 is 0 Å². The predicted molar refractivity (Wildman–Crippen MR) is 78.8 cm³/mol. The van der Waals surface area contributed by atoms with Crippen molar-refractivity contribution in [2.45, 2.75) is 31.7 Å². The number of aliphatic hydroxyl groups excluding tert-OH is 1. The molecule has 1 amide bonds. The molecule has 0 aromatic heterocycles. The molecule has 3 rings (SSSR count). The molecule has 108 valence electrons. The second kappa shape index (κ2) is 5.94. The number of aliphatic hydroxyl groups is 1. The van der Waals surface area contributed by atoms with Gasteiger partial charge in [0.05, 0.1) is 6.61 Å². The SMILES string of the molecule is O=C(CCN1CCC[C@@H]1CO)N1CCc2ccccc21. The number of hydrogen-bond donors (Lipinski definition) is 1. The summed E-state index contributed by atoms with van der Waals surface area (Å²) in [6.07, 6.45) is 3.69. The Kier molecular flexibility index (Phi) is 4.03. The summed E-state index contributed by atoms with van der Waals surface area (Å²) < 4.78 is 0. The van der Waals surface area contributed by atoms with Crippen LogP contribution in [-0.4, -0.2) is 48.2 Å². The normalized spacial score (nSPS) is 22.2. The van der Waals surface area contributed by atoms with Crippen LogP contribution >= 0.6 is 0 Å². The Morgan fingerprint density at radius 2 is 2.15 bits per heavy atom. The van der Waals surface area contributed by atoms with Crippen molar-refractivity contribution in [1.82, 2.24) is 4.90 Å². The van der Waals surface area contributed by atoms with Crippen LogP contribution in [-0.2, 0) is 11.2 Å². The average molecular weight is 274 g/mol. The van der Waals surface area contributed by atoms with Crippen LogP contribution in [0.4, 0.5) is 5.69 Å². The second-order valence-corrected chi connectivity index (χ2v) is 5.69. The predicted octanol–water partition coefficient (Wildman–Crippen LogP) is 1.42. The Morgan fingerprint density at radius 3 is 3.00 bits per heavy atom. The molecule has 20 heavy (non-hydrogen) atoms. The number of rotatable bonds is 4. The minimum Gasteiger partial charge on any atom is -0.395 e. The fraction of sp³-hybridized carbons (Fsp3) is 0.562. The molecule has 1 N–H and O–H groups in total. The molecule has 0 saturated carbocycles. The Labute approximate surface area is 120 Å². The lowest BCUT2D eigenvalue weighted by molar-refractivity contribution is -0.118. The van der Waals surface area contributed by atoms with Crippen LogP contribution in [0.25, 0.3) is 0 Å². The summed E-state index contributed by atoms with van der Waals surface area (Å²) in [4.78, 5) is 16.6. The smallest absolute Gasteiger partial charge is 0.228 e. The summed E-state index contributed by atoms with van der Waals surface area (Å²) in [6, 6.07) is 8.42. The van der Waals surface area contributed by atoms with Crippen LogP contribution in [0.2, 0.25) is 0 Å². The third-order valence-corrected chi connectivity index (χ3v) is 4.51. The number of hydrogen-bond acceptors (Lipinski definition) is 3. The topological polar surface area (TPSA) is 43.8 Å². The molecular weight excluding hydrogens is 252 g/mol. The first-order valence-corrected chi connectivity index (χ1v) is 7.53. The number of amides is 1. The zero-order valence-electron chi connectivity index (χ0n) is 11.8. The first kappa shape index (κ1) is 13.6. The number of carbonyl (C=O) groups is 1. The molecule has 0 bridgehead atoms. The van der Waals surface area contributed by atoms with E-state index in [9.17, 15) is 9.90 Å². The first-order chi connectivity index (χ1) is 9.79. The Bertz CT molecular complexity index is 489. The average Bonchev–Trinajstić information content (AvgIpc) is 3.11. The van der Waals surface area contributed by atoms with Crippen LogP contribution in [0.15, 0.2) is 24.3 Å². The van der Waals surface area contributed by atoms with Gasteiger partial charge in [-0.3, -0.25) is 9.69 Å². The van der Waals surface area contributed by atoms with E-state index in [0.29, 0.717) is 6.42 Å². The van der Waals surface area contributed by atoms with Crippen LogP contribution in [0.1, 0.15) is 24.8 Å². The Hall–Kier alpha value is -1.39. The molecule has 1 aromatic carbocycles. The maximum absolute atomic E-state index is 12.4. The van der Waals surface area contributed by atoms with Crippen molar-refractivity contribution in [3.05, 3.63) is 29.8 Å². The van der Waals surface area contributed by atoms with Crippen molar-refractivity contribution in [2.24, 2.45) is 0 Å². The van der Waals surface area contributed by atoms with Gasteiger partial charge < -0.3 is 10.0 Å². The molecule has 1 saturated heterocycles. The lowest BCUT2D eigenvalue weighted by Gasteiger charge is -2.24. The third-order valence-electron chi connectivity index (χ3n) is 4.51. The molecule has 1 aromatic rings. The van der Waals surface area contributed by atoms with Crippen molar-refractivity contribution < 1.29 is 9.90 Å². The van der Waals surface area contributed by atoms with Crippen molar-refractivity contribution in [3.8, 4) is 0 Å². The maximum atomic E-state index is 12.4. The van der Waals surface area contributed by atoms with Crippen molar-refractivity contribution >= 4 is 11.6 Å². The Balaban J connectivity index is 1.58. The van der Waals surface area contributed by atoms with E-state index < -0.39 is 0 Å². The molecule has 1 atom stereocenters. The van der Waals surface area contributed by atoms with E-state index in [-0.39, 0.29) is 18.6 Å². The zero-order valence-corrected chi connectivity index (χ0v) is 11.8. The third kappa shape index (κ3) is 2.58. The second-order valence-electron chi connectivity index (χ2n) is 5.69. The molecule has 2 aliphatic rings. The minimum atomic E-state index is 0.207. The summed E-state index contributed by atoms with van der Waals surface area (Å²) in [5.41, 5.74) is 2.35. The first-order valence-electron chi connectivity index (χ1n) is 7.53. The van der Waals surface area contributed by atoms with Crippen LogP contribution in [0.5, 0.6) is 0 Å². The Morgan fingerprint density at radius 1 is 1.30 bits per heavy atom. The van der Waals surface area contributed by atoms with Crippen molar-refractivity contribution in [1.29, 1.82) is 0 Å². The molecule has 2 heterocycles. The fourth-order valence-corrected chi connectivity index (χ4v) is 3.37. The standard InChI is InChI=1S/C16H22N2O2/c19-12-14-5-3-9-17(14)10-8-16(20)18-11-7-13-4-1-2-6-15(13)18/h1-2,4,6,14,19H,3,5,7-12H2/t14-/m1/s1. The highest BCUT2D eigenvalue weighted by Gasteiger charge is 2.27. The molecule has 0 radical (unpaired) electrons. The van der Waals surface area contributed by atoms with Gasteiger partial charge in [-0.25, -0.2) is 0 Å². The number of anilines is 1.